The zero-order valence-electron chi connectivity index (χ0n) is 27.3. The Morgan fingerprint density at radius 3 is 1.50 bits per heavy atom. The van der Waals surface area contributed by atoms with Crippen LogP contribution in [0, 0.1) is 0 Å². The minimum atomic E-state index is -0.985. The molecule has 0 aliphatic heterocycles. The van der Waals surface area contributed by atoms with Crippen molar-refractivity contribution < 1.29 is 57.4 Å². The fraction of sp³-hybridized carbons (Fsp3) is 0.719. The summed E-state index contributed by atoms with van der Waals surface area (Å²) in [7, 11) is 0. The predicted molar refractivity (Wildman–Crippen MR) is 170 cm³/mol. The van der Waals surface area contributed by atoms with Gasteiger partial charge in [-0.2, -0.15) is 0 Å². The van der Waals surface area contributed by atoms with Gasteiger partial charge in [0.25, 0.3) is 0 Å². The Hall–Kier alpha value is -2.85. The number of amides is 1. The summed E-state index contributed by atoms with van der Waals surface area (Å²) >= 11 is 0. The van der Waals surface area contributed by atoms with Gasteiger partial charge in [0.1, 0.15) is 6.61 Å². The number of benzene rings is 1. The molecular formula is C32H54N2O12. The molecule has 14 heteroatoms. The molecule has 46 heavy (non-hydrogen) atoms. The zero-order valence-corrected chi connectivity index (χ0v) is 27.3. The molecule has 1 amide bonds. The first-order valence-corrected chi connectivity index (χ1v) is 16.1. The maximum Gasteiger partial charge on any atom is 0.338 e. The molecule has 0 saturated carbocycles. The molecule has 264 valence electrons. The van der Waals surface area contributed by atoms with E-state index in [0.717, 1.165) is 25.1 Å². The van der Waals surface area contributed by atoms with Crippen molar-refractivity contribution in [2.45, 2.75) is 39.0 Å². The molecule has 0 unspecified atom stereocenters. The van der Waals surface area contributed by atoms with Gasteiger partial charge in [0.15, 0.2) is 0 Å². The SMILES string of the molecule is CCCCNc1ccc(C(=O)OCCOCCOCCOCCOCCOCCOCCOCCCNC(=O)CCC(=O)O)cc1. The Kier molecular flexibility index (Phi) is 27.6. The summed E-state index contributed by atoms with van der Waals surface area (Å²) in [5.41, 5.74) is 1.50. The molecule has 0 fully saturated rings. The van der Waals surface area contributed by atoms with Gasteiger partial charge in [0.05, 0.1) is 97.9 Å². The topological polar surface area (TPSA) is 169 Å². The third-order valence-electron chi connectivity index (χ3n) is 6.03. The van der Waals surface area contributed by atoms with Gasteiger partial charge in [-0.15, -0.1) is 0 Å². The molecule has 0 bridgehead atoms. The maximum atomic E-state index is 12.1. The minimum absolute atomic E-state index is 0.0132. The van der Waals surface area contributed by atoms with E-state index in [4.69, 9.17) is 43.0 Å². The summed E-state index contributed by atoms with van der Waals surface area (Å²) in [5, 5.41) is 14.5. The van der Waals surface area contributed by atoms with Crippen LogP contribution in [0.25, 0.3) is 0 Å². The number of hydrogen-bond acceptors (Lipinski definition) is 12. The molecule has 1 aromatic carbocycles. The summed E-state index contributed by atoms with van der Waals surface area (Å²) in [5.74, 6) is -1.63. The Balaban J connectivity index is 1.74. The highest BCUT2D eigenvalue weighted by atomic mass is 16.6. The predicted octanol–water partition coefficient (Wildman–Crippen LogP) is 2.54. The molecule has 0 atom stereocenters. The number of nitrogens with one attached hydrogen (secondary N) is 2. The van der Waals surface area contributed by atoms with Crippen molar-refractivity contribution in [2.75, 3.05) is 118 Å². The molecule has 0 aromatic heterocycles. The van der Waals surface area contributed by atoms with E-state index in [1.165, 1.54) is 0 Å². The van der Waals surface area contributed by atoms with Crippen molar-refractivity contribution in [3.63, 3.8) is 0 Å². The van der Waals surface area contributed by atoms with E-state index in [2.05, 4.69) is 17.6 Å². The Labute approximate surface area is 272 Å². The van der Waals surface area contributed by atoms with Gasteiger partial charge in [0.2, 0.25) is 5.91 Å². The van der Waals surface area contributed by atoms with Gasteiger partial charge in [-0.05, 0) is 37.1 Å². The molecule has 1 rings (SSSR count). The van der Waals surface area contributed by atoms with Gasteiger partial charge < -0.3 is 53.6 Å². The van der Waals surface area contributed by atoms with Crippen LogP contribution in [0.3, 0.4) is 0 Å². The number of hydrogen-bond donors (Lipinski definition) is 3. The second-order valence-electron chi connectivity index (χ2n) is 9.88. The van der Waals surface area contributed by atoms with E-state index in [1.807, 2.05) is 12.1 Å². The molecule has 0 spiro atoms. The first-order valence-electron chi connectivity index (χ1n) is 16.1. The zero-order chi connectivity index (χ0) is 33.3. The number of unbranched alkanes of at least 4 members (excludes halogenated alkanes) is 1. The van der Waals surface area contributed by atoms with Crippen LogP contribution in [-0.4, -0.2) is 135 Å². The summed E-state index contributed by atoms with van der Waals surface area (Å²) < 4.78 is 43.3. The van der Waals surface area contributed by atoms with Gasteiger partial charge in [0, 0.05) is 31.8 Å². The number of carbonyl (C=O) groups excluding carboxylic acids is 2. The summed E-state index contributed by atoms with van der Waals surface area (Å²) in [6.45, 7) is 9.86. The molecule has 0 saturated heterocycles. The first-order chi connectivity index (χ1) is 22.5. The number of rotatable bonds is 33. The van der Waals surface area contributed by atoms with Gasteiger partial charge >= 0.3 is 11.9 Å². The molecule has 0 heterocycles. The lowest BCUT2D eigenvalue weighted by Gasteiger charge is -2.09. The van der Waals surface area contributed by atoms with Gasteiger partial charge in [-0.3, -0.25) is 9.59 Å². The lowest BCUT2D eigenvalue weighted by atomic mass is 10.2. The molecule has 0 aliphatic carbocycles. The van der Waals surface area contributed by atoms with Crippen molar-refractivity contribution in [1.29, 1.82) is 0 Å². The van der Waals surface area contributed by atoms with Crippen LogP contribution in [0.5, 0.6) is 0 Å². The number of carboxylic acid groups (broad SMARTS) is 1. The van der Waals surface area contributed by atoms with E-state index in [9.17, 15) is 14.4 Å². The van der Waals surface area contributed by atoms with Crippen molar-refractivity contribution in [2.24, 2.45) is 0 Å². The van der Waals surface area contributed by atoms with E-state index >= 15 is 0 Å². The van der Waals surface area contributed by atoms with Crippen molar-refractivity contribution in [3.05, 3.63) is 29.8 Å². The van der Waals surface area contributed by atoms with E-state index in [0.29, 0.717) is 111 Å². The van der Waals surface area contributed by atoms with Crippen molar-refractivity contribution >= 4 is 23.5 Å². The second kappa shape index (κ2) is 30.8. The first kappa shape index (κ1) is 41.2. The fourth-order valence-corrected chi connectivity index (χ4v) is 3.54. The molecular weight excluding hydrogens is 604 g/mol. The van der Waals surface area contributed by atoms with Crippen LogP contribution in [0.15, 0.2) is 24.3 Å². The lowest BCUT2D eigenvalue weighted by molar-refractivity contribution is -0.138. The largest absolute Gasteiger partial charge is 0.481 e. The van der Waals surface area contributed by atoms with Crippen molar-refractivity contribution in [1.82, 2.24) is 5.32 Å². The quantitative estimate of drug-likeness (QED) is 0.0745. The number of ether oxygens (including phenoxy) is 8. The minimum Gasteiger partial charge on any atom is -0.481 e. The molecule has 0 radical (unpaired) electrons. The number of anilines is 1. The van der Waals surface area contributed by atoms with E-state index in [-0.39, 0.29) is 31.3 Å². The third kappa shape index (κ3) is 26.4. The molecule has 0 aliphatic rings. The maximum absolute atomic E-state index is 12.1. The smallest absolute Gasteiger partial charge is 0.338 e. The summed E-state index contributed by atoms with van der Waals surface area (Å²) in [6, 6.07) is 7.26. The van der Waals surface area contributed by atoms with E-state index < -0.39 is 5.97 Å². The van der Waals surface area contributed by atoms with Crippen LogP contribution in [-0.2, 0) is 47.5 Å². The number of esters is 1. The third-order valence-corrected chi connectivity index (χ3v) is 6.03. The average molecular weight is 659 g/mol. The standard InChI is InChI=1S/C32H54N2O12/c1-2-3-11-33-29-7-5-28(6-8-29)32(38)46-27-26-45-25-24-44-23-22-43-21-20-42-19-18-41-17-16-40-15-14-39-13-4-12-34-30(35)9-10-31(36)37/h5-8,33H,2-4,9-27H2,1H3,(H,34,35)(H,36,37). The number of aliphatic carboxylic acids is 1. The van der Waals surface area contributed by atoms with Crippen LogP contribution < -0.4 is 10.6 Å². The van der Waals surface area contributed by atoms with Crippen LogP contribution in [0.2, 0.25) is 0 Å². The molecule has 14 nitrogen and oxygen atoms in total. The Morgan fingerprint density at radius 2 is 1.04 bits per heavy atom. The Morgan fingerprint density at radius 1 is 0.587 bits per heavy atom. The normalized spacial score (nSPS) is 11.0. The number of carbonyl (C=O) groups is 3. The van der Waals surface area contributed by atoms with Crippen LogP contribution >= 0.6 is 0 Å². The average Bonchev–Trinajstić information content (AvgIpc) is 3.05. The monoisotopic (exact) mass is 658 g/mol. The summed E-state index contributed by atoms with van der Waals surface area (Å²) in [4.78, 5) is 33.9. The lowest BCUT2D eigenvalue weighted by Crippen LogP contribution is -2.25. The van der Waals surface area contributed by atoms with Crippen LogP contribution in [0.4, 0.5) is 5.69 Å². The van der Waals surface area contributed by atoms with Gasteiger partial charge in [-0.25, -0.2) is 4.79 Å². The number of carboxylic acids is 1. The highest BCUT2D eigenvalue weighted by Gasteiger charge is 2.07. The summed E-state index contributed by atoms with van der Waals surface area (Å²) in [6.07, 6.45) is 2.70. The van der Waals surface area contributed by atoms with Gasteiger partial charge in [-0.1, -0.05) is 13.3 Å². The Bertz CT molecular complexity index is 888. The molecule has 1 aromatic rings. The fourth-order valence-electron chi connectivity index (χ4n) is 3.54. The highest BCUT2D eigenvalue weighted by Crippen LogP contribution is 2.10. The van der Waals surface area contributed by atoms with Crippen molar-refractivity contribution in [3.8, 4) is 0 Å². The molecule has 3 N–H and O–H groups in total. The second-order valence-corrected chi connectivity index (χ2v) is 9.88. The van der Waals surface area contributed by atoms with E-state index in [1.54, 1.807) is 12.1 Å². The van der Waals surface area contributed by atoms with Crippen LogP contribution in [0.1, 0.15) is 49.4 Å². The highest BCUT2D eigenvalue weighted by molar-refractivity contribution is 5.89.